The van der Waals surface area contributed by atoms with Crippen molar-refractivity contribution in [3.05, 3.63) is 35.4 Å². The lowest BCUT2D eigenvalue weighted by Gasteiger charge is -2.28. The maximum Gasteiger partial charge on any atom is 0.0638 e. The van der Waals surface area contributed by atoms with Crippen LogP contribution >= 0.6 is 0 Å². The lowest BCUT2D eigenvalue weighted by Crippen LogP contribution is -2.42. The number of nitrogens with one attached hydrogen (secondary N) is 1. The molecular formula is C16H28N2O. The van der Waals surface area contributed by atoms with Gasteiger partial charge in [-0.1, -0.05) is 38.1 Å². The average Bonchev–Trinajstić information content (AvgIpc) is 2.38. The van der Waals surface area contributed by atoms with Crippen molar-refractivity contribution in [2.45, 2.75) is 58.1 Å². The third-order valence-corrected chi connectivity index (χ3v) is 3.65. The molecule has 0 heterocycles. The summed E-state index contributed by atoms with van der Waals surface area (Å²) in [5, 5.41) is 0. The van der Waals surface area contributed by atoms with Gasteiger partial charge < -0.3 is 4.74 Å². The Balaban J connectivity index is 2.65. The molecule has 1 aromatic carbocycles. The van der Waals surface area contributed by atoms with Gasteiger partial charge in [0.05, 0.1) is 5.60 Å². The molecule has 3 N–H and O–H groups in total. The minimum Gasteiger partial charge on any atom is -0.379 e. The fourth-order valence-electron chi connectivity index (χ4n) is 2.19. The average molecular weight is 264 g/mol. The van der Waals surface area contributed by atoms with Crippen LogP contribution in [0.4, 0.5) is 0 Å². The zero-order valence-electron chi connectivity index (χ0n) is 12.9. The summed E-state index contributed by atoms with van der Waals surface area (Å²) < 4.78 is 5.46. The summed E-state index contributed by atoms with van der Waals surface area (Å²) in [6, 6.07) is 9.02. The number of rotatable bonds is 7. The van der Waals surface area contributed by atoms with E-state index in [1.54, 1.807) is 7.11 Å². The normalized spacial score (nSPS) is 13.8. The van der Waals surface area contributed by atoms with Crippen molar-refractivity contribution in [3.8, 4) is 0 Å². The number of hydrogen-bond acceptors (Lipinski definition) is 3. The summed E-state index contributed by atoms with van der Waals surface area (Å²) in [5.41, 5.74) is 5.42. The van der Waals surface area contributed by atoms with Crippen LogP contribution in [0.15, 0.2) is 24.3 Å². The Morgan fingerprint density at radius 1 is 1.21 bits per heavy atom. The van der Waals surface area contributed by atoms with E-state index in [0.29, 0.717) is 5.92 Å². The molecule has 0 spiro atoms. The van der Waals surface area contributed by atoms with Crippen molar-refractivity contribution >= 4 is 0 Å². The van der Waals surface area contributed by atoms with E-state index in [1.165, 1.54) is 11.1 Å². The van der Waals surface area contributed by atoms with Gasteiger partial charge in [0.25, 0.3) is 0 Å². The molecule has 0 saturated carbocycles. The first-order valence-corrected chi connectivity index (χ1v) is 6.98. The standard InChI is InChI=1S/C16H28N2O/c1-12(2)14-8-6-13(7-9-14)10-15(18-17)11-16(3,4)19-5/h6-9,12,15,18H,10-11,17H2,1-5H3. The molecule has 0 fully saturated rings. The quantitative estimate of drug-likeness (QED) is 0.588. The molecule has 0 saturated heterocycles. The summed E-state index contributed by atoms with van der Waals surface area (Å²) in [6.45, 7) is 8.58. The predicted molar refractivity (Wildman–Crippen MR) is 81.1 cm³/mol. The van der Waals surface area contributed by atoms with Gasteiger partial charge in [-0.3, -0.25) is 11.3 Å². The van der Waals surface area contributed by atoms with Gasteiger partial charge in [0, 0.05) is 13.2 Å². The number of benzene rings is 1. The van der Waals surface area contributed by atoms with Crippen LogP contribution in [0.3, 0.4) is 0 Å². The molecule has 1 aromatic rings. The highest BCUT2D eigenvalue weighted by Crippen LogP contribution is 2.19. The van der Waals surface area contributed by atoms with Crippen molar-refractivity contribution in [3.63, 3.8) is 0 Å². The van der Waals surface area contributed by atoms with Gasteiger partial charge in [0.1, 0.15) is 0 Å². The second-order valence-corrected chi connectivity index (χ2v) is 6.13. The summed E-state index contributed by atoms with van der Waals surface area (Å²) in [6.07, 6.45) is 1.80. The first-order valence-electron chi connectivity index (χ1n) is 6.98. The van der Waals surface area contributed by atoms with Crippen molar-refractivity contribution in [1.29, 1.82) is 0 Å². The Hall–Kier alpha value is -0.900. The summed E-state index contributed by atoms with van der Waals surface area (Å²) in [5.74, 6) is 6.23. The first kappa shape index (κ1) is 16.2. The van der Waals surface area contributed by atoms with Crippen LogP contribution in [0.1, 0.15) is 51.2 Å². The van der Waals surface area contributed by atoms with Crippen molar-refractivity contribution in [1.82, 2.24) is 5.43 Å². The van der Waals surface area contributed by atoms with Crippen molar-refractivity contribution in [2.75, 3.05) is 7.11 Å². The topological polar surface area (TPSA) is 47.3 Å². The van der Waals surface area contributed by atoms with Crippen LogP contribution in [-0.4, -0.2) is 18.8 Å². The van der Waals surface area contributed by atoms with Gasteiger partial charge in [-0.2, -0.15) is 0 Å². The highest BCUT2D eigenvalue weighted by Gasteiger charge is 2.22. The molecule has 1 unspecified atom stereocenters. The molecule has 1 rings (SSSR count). The molecule has 1 atom stereocenters. The van der Waals surface area contributed by atoms with E-state index in [9.17, 15) is 0 Å². The molecule has 0 bridgehead atoms. The molecule has 0 radical (unpaired) electrons. The highest BCUT2D eigenvalue weighted by atomic mass is 16.5. The summed E-state index contributed by atoms with van der Waals surface area (Å²) in [7, 11) is 1.74. The zero-order chi connectivity index (χ0) is 14.5. The maximum absolute atomic E-state index is 5.66. The molecule has 0 aliphatic carbocycles. The van der Waals surface area contributed by atoms with E-state index in [-0.39, 0.29) is 11.6 Å². The molecule has 0 aliphatic heterocycles. The Labute approximate surface area is 117 Å². The van der Waals surface area contributed by atoms with Gasteiger partial charge in [0.15, 0.2) is 0 Å². The van der Waals surface area contributed by atoms with Crippen LogP contribution in [0, 0.1) is 0 Å². The minimum absolute atomic E-state index is 0.158. The van der Waals surface area contributed by atoms with Crippen molar-refractivity contribution in [2.24, 2.45) is 5.84 Å². The Morgan fingerprint density at radius 2 is 1.79 bits per heavy atom. The van der Waals surface area contributed by atoms with Gasteiger partial charge >= 0.3 is 0 Å². The van der Waals surface area contributed by atoms with Crippen LogP contribution in [-0.2, 0) is 11.2 Å². The fraction of sp³-hybridized carbons (Fsp3) is 0.625. The lowest BCUT2D eigenvalue weighted by molar-refractivity contribution is 0.00711. The third-order valence-electron chi connectivity index (χ3n) is 3.65. The van der Waals surface area contributed by atoms with Crippen LogP contribution in [0.25, 0.3) is 0 Å². The van der Waals surface area contributed by atoms with Gasteiger partial charge in [0.2, 0.25) is 0 Å². The predicted octanol–water partition coefficient (Wildman–Crippen LogP) is 3.00. The van der Waals surface area contributed by atoms with Crippen molar-refractivity contribution < 1.29 is 4.74 Å². The summed E-state index contributed by atoms with van der Waals surface area (Å²) in [4.78, 5) is 0. The van der Waals surface area contributed by atoms with Crippen LogP contribution < -0.4 is 11.3 Å². The zero-order valence-corrected chi connectivity index (χ0v) is 12.9. The number of hydrazine groups is 1. The van der Waals surface area contributed by atoms with E-state index in [4.69, 9.17) is 10.6 Å². The van der Waals surface area contributed by atoms with E-state index >= 15 is 0 Å². The fourth-order valence-corrected chi connectivity index (χ4v) is 2.19. The van der Waals surface area contributed by atoms with E-state index in [1.807, 2.05) is 0 Å². The second kappa shape index (κ2) is 7.04. The third kappa shape index (κ3) is 5.31. The molecule has 108 valence electrons. The van der Waals surface area contributed by atoms with Gasteiger partial charge in [-0.25, -0.2) is 0 Å². The number of nitrogens with two attached hydrogens (primary N) is 1. The van der Waals surface area contributed by atoms with Gasteiger partial charge in [-0.15, -0.1) is 0 Å². The summed E-state index contributed by atoms with van der Waals surface area (Å²) >= 11 is 0. The SMILES string of the molecule is COC(C)(C)CC(Cc1ccc(C(C)C)cc1)NN. The number of hydrogen-bond donors (Lipinski definition) is 2. The van der Waals surface area contributed by atoms with E-state index < -0.39 is 0 Å². The largest absolute Gasteiger partial charge is 0.379 e. The molecule has 0 amide bonds. The van der Waals surface area contributed by atoms with E-state index in [2.05, 4.69) is 57.4 Å². The number of methoxy groups -OCH3 is 1. The van der Waals surface area contributed by atoms with Crippen LogP contribution in [0.5, 0.6) is 0 Å². The Bertz CT molecular complexity index is 371. The smallest absolute Gasteiger partial charge is 0.0638 e. The first-order chi connectivity index (χ1) is 8.88. The Kier molecular flexibility index (Phi) is 5.98. The molecule has 3 nitrogen and oxygen atoms in total. The number of ether oxygens (including phenoxy) is 1. The monoisotopic (exact) mass is 264 g/mol. The molecule has 3 heteroatoms. The molecule has 0 aromatic heterocycles. The second-order valence-electron chi connectivity index (χ2n) is 6.13. The lowest BCUT2D eigenvalue weighted by atomic mass is 9.93. The Morgan fingerprint density at radius 3 is 2.21 bits per heavy atom. The minimum atomic E-state index is -0.158. The molecule has 19 heavy (non-hydrogen) atoms. The molecule has 0 aliphatic rings. The molecular weight excluding hydrogens is 236 g/mol. The van der Waals surface area contributed by atoms with Crippen LogP contribution in [0.2, 0.25) is 0 Å². The maximum atomic E-state index is 5.66. The van der Waals surface area contributed by atoms with Gasteiger partial charge in [-0.05, 0) is 43.7 Å². The van der Waals surface area contributed by atoms with E-state index in [0.717, 1.165) is 12.8 Å². The highest BCUT2D eigenvalue weighted by molar-refractivity contribution is 5.25.